The third-order valence-corrected chi connectivity index (χ3v) is 2.67. The molecule has 1 heterocycles. The quantitative estimate of drug-likeness (QED) is 0.672. The zero-order valence-electron chi connectivity index (χ0n) is 9.04. The van der Waals surface area contributed by atoms with Gasteiger partial charge in [-0.2, -0.15) is 0 Å². The van der Waals surface area contributed by atoms with Crippen LogP contribution in [0.25, 0.3) is 0 Å². The van der Waals surface area contributed by atoms with Gasteiger partial charge in [-0.15, -0.1) is 0 Å². The molecule has 0 aromatic rings. The molecule has 4 nitrogen and oxygen atoms in total. The number of rotatable bonds is 5. The topological polar surface area (TPSA) is 49.6 Å². The van der Waals surface area contributed by atoms with Crippen molar-refractivity contribution in [2.24, 2.45) is 5.73 Å². The van der Waals surface area contributed by atoms with Gasteiger partial charge in [-0.1, -0.05) is 13.3 Å². The van der Waals surface area contributed by atoms with Crippen molar-refractivity contribution in [3.8, 4) is 0 Å². The van der Waals surface area contributed by atoms with Crippen molar-refractivity contribution in [1.29, 1.82) is 0 Å². The molecule has 82 valence electrons. The van der Waals surface area contributed by atoms with E-state index in [9.17, 15) is 4.79 Å². The molecule has 0 saturated carbocycles. The Bertz CT molecular complexity index is 176. The molecule has 1 aliphatic rings. The summed E-state index contributed by atoms with van der Waals surface area (Å²) in [6.45, 7) is 7.94. The summed E-state index contributed by atoms with van der Waals surface area (Å²) in [5.41, 5.74) is 5.14. The van der Waals surface area contributed by atoms with Crippen LogP contribution in [0.3, 0.4) is 0 Å². The van der Waals surface area contributed by atoms with Crippen LogP contribution in [-0.2, 0) is 4.79 Å². The van der Waals surface area contributed by atoms with Crippen LogP contribution in [0.15, 0.2) is 0 Å². The van der Waals surface area contributed by atoms with Gasteiger partial charge < -0.3 is 10.6 Å². The van der Waals surface area contributed by atoms with Crippen molar-refractivity contribution in [1.82, 2.24) is 9.80 Å². The first kappa shape index (κ1) is 11.5. The van der Waals surface area contributed by atoms with Crippen LogP contribution in [0.5, 0.6) is 0 Å². The fourth-order valence-corrected chi connectivity index (χ4v) is 1.77. The SMILES string of the molecule is CCCCN1CCN(CC(N)=O)CC1. The van der Waals surface area contributed by atoms with E-state index in [1.165, 1.54) is 19.4 Å². The minimum Gasteiger partial charge on any atom is -0.369 e. The average molecular weight is 199 g/mol. The number of nitrogens with zero attached hydrogens (tertiary/aromatic N) is 2. The fraction of sp³-hybridized carbons (Fsp3) is 0.900. The molecule has 0 radical (unpaired) electrons. The van der Waals surface area contributed by atoms with Gasteiger partial charge in [0.15, 0.2) is 0 Å². The molecule has 0 bridgehead atoms. The lowest BCUT2D eigenvalue weighted by Gasteiger charge is -2.33. The second-order valence-electron chi connectivity index (χ2n) is 3.94. The lowest BCUT2D eigenvalue weighted by molar-refractivity contribution is -0.119. The number of amides is 1. The maximum Gasteiger partial charge on any atom is 0.231 e. The standard InChI is InChI=1S/C10H21N3O/c1-2-3-4-12-5-7-13(8-6-12)9-10(11)14/h2-9H2,1H3,(H2,11,14). The molecule has 0 spiro atoms. The Kier molecular flexibility index (Phi) is 4.90. The summed E-state index contributed by atoms with van der Waals surface area (Å²) < 4.78 is 0. The maximum atomic E-state index is 10.7. The highest BCUT2D eigenvalue weighted by molar-refractivity contribution is 5.75. The van der Waals surface area contributed by atoms with Gasteiger partial charge in [-0.25, -0.2) is 0 Å². The predicted octanol–water partition coefficient (Wildman–Crippen LogP) is -0.111. The van der Waals surface area contributed by atoms with E-state index < -0.39 is 0 Å². The van der Waals surface area contributed by atoms with E-state index in [1.54, 1.807) is 0 Å². The number of unbranched alkanes of at least 4 members (excludes halogenated alkanes) is 1. The van der Waals surface area contributed by atoms with E-state index >= 15 is 0 Å². The highest BCUT2D eigenvalue weighted by Crippen LogP contribution is 2.02. The van der Waals surface area contributed by atoms with Crippen LogP contribution in [0.1, 0.15) is 19.8 Å². The molecule has 0 atom stereocenters. The van der Waals surface area contributed by atoms with Gasteiger partial charge in [-0.05, 0) is 13.0 Å². The van der Waals surface area contributed by atoms with E-state index in [2.05, 4.69) is 16.7 Å². The summed E-state index contributed by atoms with van der Waals surface area (Å²) in [7, 11) is 0. The number of carbonyl (C=O) groups excluding carboxylic acids is 1. The Balaban J connectivity index is 2.14. The van der Waals surface area contributed by atoms with Gasteiger partial charge in [0.1, 0.15) is 0 Å². The Morgan fingerprint density at radius 2 is 1.79 bits per heavy atom. The first-order valence-corrected chi connectivity index (χ1v) is 5.45. The van der Waals surface area contributed by atoms with Crippen LogP contribution < -0.4 is 5.73 Å². The molecule has 4 heteroatoms. The Hall–Kier alpha value is -0.610. The molecule has 14 heavy (non-hydrogen) atoms. The third kappa shape index (κ3) is 4.07. The summed E-state index contributed by atoms with van der Waals surface area (Å²) >= 11 is 0. The van der Waals surface area contributed by atoms with Crippen molar-refractivity contribution < 1.29 is 4.79 Å². The van der Waals surface area contributed by atoms with E-state index in [4.69, 9.17) is 5.73 Å². The lowest BCUT2D eigenvalue weighted by atomic mass is 10.2. The third-order valence-electron chi connectivity index (χ3n) is 2.67. The van der Waals surface area contributed by atoms with Crippen LogP contribution in [-0.4, -0.2) is 55.0 Å². The first-order valence-electron chi connectivity index (χ1n) is 5.45. The summed E-state index contributed by atoms with van der Waals surface area (Å²) in [5.74, 6) is -0.216. The highest BCUT2D eigenvalue weighted by Gasteiger charge is 2.16. The number of primary amides is 1. The first-order chi connectivity index (χ1) is 6.72. The van der Waals surface area contributed by atoms with Crippen molar-refractivity contribution in [3.63, 3.8) is 0 Å². The van der Waals surface area contributed by atoms with Crippen molar-refractivity contribution in [2.45, 2.75) is 19.8 Å². The Morgan fingerprint density at radius 1 is 1.21 bits per heavy atom. The van der Waals surface area contributed by atoms with E-state index in [0.717, 1.165) is 26.2 Å². The van der Waals surface area contributed by atoms with Crippen LogP contribution in [0.4, 0.5) is 0 Å². The van der Waals surface area contributed by atoms with E-state index in [1.807, 2.05) is 0 Å². The summed E-state index contributed by atoms with van der Waals surface area (Å²) in [5, 5.41) is 0. The monoisotopic (exact) mass is 199 g/mol. The number of hydrogen-bond acceptors (Lipinski definition) is 3. The van der Waals surface area contributed by atoms with Gasteiger partial charge in [0.25, 0.3) is 0 Å². The van der Waals surface area contributed by atoms with Gasteiger partial charge in [0.2, 0.25) is 5.91 Å². The van der Waals surface area contributed by atoms with Crippen LogP contribution >= 0.6 is 0 Å². The van der Waals surface area contributed by atoms with Crippen LogP contribution in [0, 0.1) is 0 Å². The number of nitrogens with two attached hydrogens (primary N) is 1. The van der Waals surface area contributed by atoms with Crippen molar-refractivity contribution in [3.05, 3.63) is 0 Å². The molecule has 0 aromatic heterocycles. The van der Waals surface area contributed by atoms with E-state index in [-0.39, 0.29) is 5.91 Å². The Morgan fingerprint density at radius 3 is 2.29 bits per heavy atom. The number of hydrogen-bond donors (Lipinski definition) is 1. The van der Waals surface area contributed by atoms with Crippen molar-refractivity contribution in [2.75, 3.05) is 39.3 Å². The summed E-state index contributed by atoms with van der Waals surface area (Å²) in [6, 6.07) is 0. The Labute approximate surface area is 86.0 Å². The molecule has 1 rings (SSSR count). The summed E-state index contributed by atoms with van der Waals surface area (Å²) in [4.78, 5) is 15.3. The molecule has 1 aliphatic heterocycles. The maximum absolute atomic E-state index is 10.7. The second-order valence-corrected chi connectivity index (χ2v) is 3.94. The molecule has 0 aromatic carbocycles. The molecule has 0 unspecified atom stereocenters. The fourth-order valence-electron chi connectivity index (χ4n) is 1.77. The lowest BCUT2D eigenvalue weighted by Crippen LogP contribution is -2.48. The molecule has 0 aliphatic carbocycles. The smallest absolute Gasteiger partial charge is 0.231 e. The predicted molar refractivity (Wildman–Crippen MR) is 57.0 cm³/mol. The highest BCUT2D eigenvalue weighted by atomic mass is 16.1. The zero-order valence-corrected chi connectivity index (χ0v) is 9.04. The minimum atomic E-state index is -0.216. The molecular weight excluding hydrogens is 178 g/mol. The van der Waals surface area contributed by atoms with Gasteiger partial charge in [0.05, 0.1) is 6.54 Å². The molecule has 1 saturated heterocycles. The van der Waals surface area contributed by atoms with E-state index in [0.29, 0.717) is 6.54 Å². The van der Waals surface area contributed by atoms with Gasteiger partial charge in [-0.3, -0.25) is 9.69 Å². The van der Waals surface area contributed by atoms with Gasteiger partial charge in [0, 0.05) is 26.2 Å². The largest absolute Gasteiger partial charge is 0.369 e. The zero-order chi connectivity index (χ0) is 10.4. The number of piperazine rings is 1. The van der Waals surface area contributed by atoms with Crippen molar-refractivity contribution >= 4 is 5.91 Å². The normalized spacial score (nSPS) is 19.8. The average Bonchev–Trinajstić information content (AvgIpc) is 2.16. The second kappa shape index (κ2) is 5.98. The summed E-state index contributed by atoms with van der Waals surface area (Å²) in [6.07, 6.45) is 2.53. The molecule has 1 amide bonds. The number of carbonyl (C=O) groups is 1. The minimum absolute atomic E-state index is 0.216. The molecule has 2 N–H and O–H groups in total. The van der Waals surface area contributed by atoms with Gasteiger partial charge >= 0.3 is 0 Å². The molecular formula is C10H21N3O. The van der Waals surface area contributed by atoms with Crippen LogP contribution in [0.2, 0.25) is 0 Å². The molecule has 1 fully saturated rings.